The first-order valence-corrected chi connectivity index (χ1v) is 18.8. The van der Waals surface area contributed by atoms with Crippen molar-refractivity contribution >= 4 is 45.9 Å². The van der Waals surface area contributed by atoms with E-state index in [1.54, 1.807) is 11.7 Å². The fraction of sp³-hybridized carbons (Fsp3) is 0.417. The van der Waals surface area contributed by atoms with Gasteiger partial charge in [-0.2, -0.15) is 0 Å². The summed E-state index contributed by atoms with van der Waals surface area (Å²) >= 11 is 2.85. The van der Waals surface area contributed by atoms with Gasteiger partial charge in [-0.1, -0.05) is 74.5 Å². The van der Waals surface area contributed by atoms with Crippen molar-refractivity contribution in [2.75, 3.05) is 37.7 Å². The van der Waals surface area contributed by atoms with Gasteiger partial charge >= 0.3 is 12.2 Å². The molecule has 0 bridgehead atoms. The van der Waals surface area contributed by atoms with E-state index < -0.39 is 42.4 Å². The number of alkyl carbamates (subject to hydrolysis) is 2. The number of carbonyl (C=O) groups is 3. The molecule has 4 atom stereocenters. The van der Waals surface area contributed by atoms with Crippen molar-refractivity contribution in [1.82, 2.24) is 31.2 Å². The number of nitrogens with zero attached hydrogens (tertiary/aromatic N) is 3. The minimum Gasteiger partial charge on any atom is -0.444 e. The zero-order chi connectivity index (χ0) is 36.7. The van der Waals surface area contributed by atoms with Crippen LogP contribution in [0.3, 0.4) is 0 Å². The number of anilines is 1. The van der Waals surface area contributed by atoms with Crippen molar-refractivity contribution in [2.24, 2.45) is 5.92 Å². The molecule has 2 unspecified atom stereocenters. The molecule has 1 fully saturated rings. The van der Waals surface area contributed by atoms with Gasteiger partial charge in [-0.15, -0.1) is 22.7 Å². The van der Waals surface area contributed by atoms with Crippen LogP contribution in [-0.4, -0.2) is 84.2 Å². The van der Waals surface area contributed by atoms with E-state index in [9.17, 15) is 19.5 Å². The summed E-state index contributed by atoms with van der Waals surface area (Å²) in [5.74, 6) is -0.728. The van der Waals surface area contributed by atoms with Gasteiger partial charge in [0, 0.05) is 31.2 Å². The van der Waals surface area contributed by atoms with Crippen LogP contribution in [0.15, 0.2) is 77.8 Å². The fourth-order valence-corrected chi connectivity index (χ4v) is 6.78. The largest absolute Gasteiger partial charge is 0.444 e. The molecular formula is C36H45N7O7S2. The van der Waals surface area contributed by atoms with Crippen LogP contribution in [0, 0.1) is 5.92 Å². The molecule has 14 nitrogen and oxygen atoms in total. The quantitative estimate of drug-likeness (QED) is 0.0987. The molecule has 5 N–H and O–H groups in total. The fourth-order valence-electron chi connectivity index (χ4n) is 5.41. The summed E-state index contributed by atoms with van der Waals surface area (Å²) in [6.45, 7) is 6.46. The lowest BCUT2D eigenvalue weighted by atomic mass is 10.0. The average molecular weight is 752 g/mol. The molecule has 1 saturated heterocycles. The van der Waals surface area contributed by atoms with Gasteiger partial charge in [0.2, 0.25) is 5.91 Å². The summed E-state index contributed by atoms with van der Waals surface area (Å²) in [4.78, 5) is 50.9. The average Bonchev–Trinajstić information content (AvgIpc) is 3.87. The summed E-state index contributed by atoms with van der Waals surface area (Å²) in [6, 6.07) is 17.0. The minimum atomic E-state index is -1.08. The second-order valence-electron chi connectivity index (χ2n) is 12.5. The molecule has 16 heteroatoms. The molecule has 278 valence electrons. The van der Waals surface area contributed by atoms with E-state index >= 15 is 0 Å². The predicted molar refractivity (Wildman–Crippen MR) is 198 cm³/mol. The lowest BCUT2D eigenvalue weighted by Crippen LogP contribution is -2.54. The number of carbonyl (C=O) groups excluding carboxylic acids is 3. The molecule has 1 aliphatic rings. The number of thiazole rings is 2. The summed E-state index contributed by atoms with van der Waals surface area (Å²) in [5, 5.41) is 25.8. The first-order chi connectivity index (χ1) is 25.2. The van der Waals surface area contributed by atoms with Crippen molar-refractivity contribution in [3.8, 4) is 0 Å². The van der Waals surface area contributed by atoms with Crippen LogP contribution in [0.2, 0.25) is 0 Å². The lowest BCUT2D eigenvalue weighted by Gasteiger charge is -2.29. The van der Waals surface area contributed by atoms with Crippen molar-refractivity contribution in [3.63, 3.8) is 0 Å². The smallest absolute Gasteiger partial charge is 0.408 e. The van der Waals surface area contributed by atoms with Crippen LogP contribution in [0.4, 0.5) is 14.7 Å². The highest BCUT2D eigenvalue weighted by molar-refractivity contribution is 7.13. The van der Waals surface area contributed by atoms with E-state index in [0.717, 1.165) is 34.2 Å². The van der Waals surface area contributed by atoms with Crippen LogP contribution in [0.25, 0.3) is 0 Å². The third-order valence-electron chi connectivity index (χ3n) is 8.24. The summed E-state index contributed by atoms with van der Waals surface area (Å²) in [7, 11) is 0. The molecular weight excluding hydrogens is 707 g/mol. The highest BCUT2D eigenvalue weighted by Gasteiger charge is 2.29. The molecule has 0 spiro atoms. The van der Waals surface area contributed by atoms with Crippen molar-refractivity contribution < 1.29 is 33.7 Å². The van der Waals surface area contributed by atoms with Crippen molar-refractivity contribution in [2.45, 2.75) is 57.8 Å². The second kappa shape index (κ2) is 19.8. The maximum absolute atomic E-state index is 13.7. The summed E-state index contributed by atoms with van der Waals surface area (Å²) in [6.07, 6.45) is -1.28. The molecule has 0 saturated carbocycles. The molecule has 52 heavy (non-hydrogen) atoms. The molecule has 2 aromatic heterocycles. The number of aromatic nitrogens is 2. The Bertz CT molecular complexity index is 1670. The Labute approximate surface area is 310 Å². The second-order valence-corrected chi connectivity index (χ2v) is 14.3. The number of aliphatic hydroxyl groups is 1. The number of hydrogen-bond donors (Lipinski definition) is 5. The van der Waals surface area contributed by atoms with Gasteiger partial charge < -0.3 is 40.2 Å². The number of benzene rings is 2. The van der Waals surface area contributed by atoms with E-state index in [-0.39, 0.29) is 25.7 Å². The Morgan fingerprint density at radius 2 is 1.62 bits per heavy atom. The number of aliphatic hydroxyl groups excluding tert-OH is 1. The number of nitrogens with one attached hydrogen (secondary N) is 4. The van der Waals surface area contributed by atoms with E-state index in [1.807, 2.05) is 79.9 Å². The normalized spacial score (nSPS) is 15.3. The highest BCUT2D eigenvalue weighted by Crippen LogP contribution is 2.22. The number of hydrogen-bond acceptors (Lipinski definition) is 13. The topological polar surface area (TPSA) is 176 Å². The van der Waals surface area contributed by atoms with E-state index in [0.29, 0.717) is 25.3 Å². The SMILES string of the molecule is CC(C)C(NC(=O)OCc1csc(N2CCOCC2)n1)C(=O)NC(NC[C@@H](O)[C@H](Cc1ccccc1)NC(=O)OCc1cncs1)c1ccccc1. The third-order valence-corrected chi connectivity index (χ3v) is 9.94. The molecule has 4 aromatic rings. The monoisotopic (exact) mass is 751 g/mol. The van der Waals surface area contributed by atoms with Gasteiger partial charge in [0.15, 0.2) is 5.13 Å². The van der Waals surface area contributed by atoms with Gasteiger partial charge in [-0.3, -0.25) is 15.1 Å². The Hall–Kier alpha value is -4.61. The summed E-state index contributed by atoms with van der Waals surface area (Å²) in [5.41, 5.74) is 3.91. The van der Waals surface area contributed by atoms with E-state index in [2.05, 4.69) is 36.1 Å². The predicted octanol–water partition coefficient (Wildman–Crippen LogP) is 3.99. The van der Waals surface area contributed by atoms with Crippen LogP contribution >= 0.6 is 22.7 Å². The minimum absolute atomic E-state index is 0.00559. The number of amides is 3. The van der Waals surface area contributed by atoms with Gasteiger partial charge in [0.25, 0.3) is 0 Å². The molecule has 0 aliphatic carbocycles. The number of ether oxygens (including phenoxy) is 3. The Balaban J connectivity index is 1.19. The highest BCUT2D eigenvalue weighted by atomic mass is 32.1. The van der Waals surface area contributed by atoms with Gasteiger partial charge in [-0.05, 0) is 23.5 Å². The Morgan fingerprint density at radius 3 is 2.31 bits per heavy atom. The molecule has 5 rings (SSSR count). The van der Waals surface area contributed by atoms with E-state index in [1.165, 1.54) is 22.7 Å². The van der Waals surface area contributed by atoms with Crippen LogP contribution in [0.1, 0.15) is 41.7 Å². The molecule has 1 aliphatic heterocycles. The van der Waals surface area contributed by atoms with Crippen LogP contribution in [-0.2, 0) is 38.6 Å². The van der Waals surface area contributed by atoms with Gasteiger partial charge in [0.05, 0.1) is 41.4 Å². The lowest BCUT2D eigenvalue weighted by molar-refractivity contribution is -0.125. The summed E-state index contributed by atoms with van der Waals surface area (Å²) < 4.78 is 16.2. The third kappa shape index (κ3) is 12.0. The zero-order valence-corrected chi connectivity index (χ0v) is 30.7. The Kier molecular flexibility index (Phi) is 14.7. The standard InChI is InChI=1S/C36H45N7O7S2/c1-24(2)31(41-36(47)49-20-27-22-51-34(39-27)43-13-15-48-16-14-43)33(45)42-32(26-11-7-4-8-12-26)38-19-30(44)29(17-25-9-5-3-6-10-25)40-35(46)50-21-28-18-37-23-52-28/h3-12,18,22-24,29-32,38,44H,13-17,19-21H2,1-2H3,(H,40,46)(H,41,47)(H,42,45)/t29-,30+,31?,32?/m0/s1. The molecule has 2 aromatic carbocycles. The first-order valence-electron chi connectivity index (χ1n) is 17.1. The van der Waals surface area contributed by atoms with Crippen LogP contribution in [0.5, 0.6) is 0 Å². The van der Waals surface area contributed by atoms with Crippen molar-refractivity contribution in [3.05, 3.63) is 99.4 Å². The first kappa shape index (κ1) is 38.6. The van der Waals surface area contributed by atoms with Crippen LogP contribution < -0.4 is 26.2 Å². The van der Waals surface area contributed by atoms with Crippen molar-refractivity contribution in [1.29, 1.82) is 0 Å². The Morgan fingerprint density at radius 1 is 0.923 bits per heavy atom. The van der Waals surface area contributed by atoms with Gasteiger partial charge in [-0.25, -0.2) is 14.6 Å². The number of morpholine rings is 1. The maximum Gasteiger partial charge on any atom is 0.408 e. The number of rotatable bonds is 17. The van der Waals surface area contributed by atoms with Gasteiger partial charge in [0.1, 0.15) is 25.4 Å². The maximum atomic E-state index is 13.7. The zero-order valence-electron chi connectivity index (χ0n) is 29.1. The molecule has 0 radical (unpaired) electrons. The molecule has 3 amide bonds. The molecule has 3 heterocycles. The van der Waals surface area contributed by atoms with E-state index in [4.69, 9.17) is 14.2 Å².